The molecule has 0 amide bonds. The summed E-state index contributed by atoms with van der Waals surface area (Å²) in [4.78, 5) is 2.56. The molecule has 0 bridgehead atoms. The average molecular weight is 324 g/mol. The molecule has 1 saturated heterocycles. The van der Waals surface area contributed by atoms with Crippen LogP contribution in [0.1, 0.15) is 44.1 Å². The number of hydrogen-bond donors (Lipinski definition) is 1. The van der Waals surface area contributed by atoms with Crippen molar-refractivity contribution in [3.05, 3.63) is 42.0 Å². The Morgan fingerprint density at radius 3 is 2.46 bits per heavy atom. The van der Waals surface area contributed by atoms with Crippen molar-refractivity contribution in [2.24, 2.45) is 0 Å². The van der Waals surface area contributed by atoms with Gasteiger partial charge in [0.1, 0.15) is 12.5 Å². The van der Waals surface area contributed by atoms with E-state index in [-0.39, 0.29) is 0 Å². The fourth-order valence-corrected chi connectivity index (χ4v) is 4.15. The highest BCUT2D eigenvalue weighted by molar-refractivity contribution is 5.91. The standard InChI is InChI=1S/C21H28N2O/c1-2-8-18(7-1)22-16-24-21-12-11-17(15-23-13-5-6-14-23)19-9-3-4-10-20(19)21/h3-4,9-12,18,22H,1-2,5-8,13-16H2. The van der Waals surface area contributed by atoms with E-state index in [1.54, 1.807) is 0 Å². The molecule has 0 unspecified atom stereocenters. The molecule has 24 heavy (non-hydrogen) atoms. The Hall–Kier alpha value is -1.58. The number of benzene rings is 2. The molecule has 2 aromatic carbocycles. The quantitative estimate of drug-likeness (QED) is 0.802. The molecule has 4 rings (SSSR count). The van der Waals surface area contributed by atoms with Gasteiger partial charge in [-0.1, -0.05) is 43.2 Å². The monoisotopic (exact) mass is 324 g/mol. The number of ether oxygens (including phenoxy) is 1. The zero-order chi connectivity index (χ0) is 16.2. The Bertz CT molecular complexity index is 673. The van der Waals surface area contributed by atoms with E-state index < -0.39 is 0 Å². The van der Waals surface area contributed by atoms with Crippen molar-refractivity contribution in [2.75, 3.05) is 19.8 Å². The molecule has 128 valence electrons. The van der Waals surface area contributed by atoms with Crippen LogP contribution in [0.5, 0.6) is 5.75 Å². The van der Waals surface area contributed by atoms with Crippen molar-refractivity contribution in [1.29, 1.82) is 0 Å². The van der Waals surface area contributed by atoms with Crippen LogP contribution in [0.15, 0.2) is 36.4 Å². The van der Waals surface area contributed by atoms with Gasteiger partial charge in [0, 0.05) is 18.0 Å². The Labute approximate surface area is 145 Å². The summed E-state index contributed by atoms with van der Waals surface area (Å²) in [5.41, 5.74) is 1.42. The van der Waals surface area contributed by atoms with E-state index in [4.69, 9.17) is 4.74 Å². The van der Waals surface area contributed by atoms with Gasteiger partial charge >= 0.3 is 0 Å². The summed E-state index contributed by atoms with van der Waals surface area (Å²) < 4.78 is 6.08. The van der Waals surface area contributed by atoms with Crippen LogP contribution in [0, 0.1) is 0 Å². The first kappa shape index (κ1) is 15.9. The van der Waals surface area contributed by atoms with Crippen molar-refractivity contribution in [3.63, 3.8) is 0 Å². The van der Waals surface area contributed by atoms with Crippen molar-refractivity contribution in [2.45, 2.75) is 51.1 Å². The van der Waals surface area contributed by atoms with E-state index in [2.05, 4.69) is 46.6 Å². The zero-order valence-corrected chi connectivity index (χ0v) is 14.5. The number of rotatable bonds is 6. The number of hydrogen-bond acceptors (Lipinski definition) is 3. The van der Waals surface area contributed by atoms with E-state index in [0.717, 1.165) is 12.3 Å². The molecule has 1 saturated carbocycles. The maximum atomic E-state index is 6.08. The highest BCUT2D eigenvalue weighted by Crippen LogP contribution is 2.30. The van der Waals surface area contributed by atoms with Gasteiger partial charge in [-0.15, -0.1) is 0 Å². The Morgan fingerprint density at radius 1 is 0.917 bits per heavy atom. The zero-order valence-electron chi connectivity index (χ0n) is 14.5. The van der Waals surface area contributed by atoms with Crippen LogP contribution in [0.25, 0.3) is 10.8 Å². The first-order chi connectivity index (χ1) is 11.9. The summed E-state index contributed by atoms with van der Waals surface area (Å²) in [5, 5.41) is 6.11. The normalized spacial score (nSPS) is 19.3. The molecular weight excluding hydrogens is 296 g/mol. The molecule has 3 heteroatoms. The summed E-state index contributed by atoms with van der Waals surface area (Å²) in [6, 6.07) is 13.7. The van der Waals surface area contributed by atoms with Gasteiger partial charge in [0.2, 0.25) is 0 Å². The molecule has 0 aromatic heterocycles. The molecule has 1 aliphatic heterocycles. The maximum Gasteiger partial charge on any atom is 0.139 e. The third-order valence-corrected chi connectivity index (χ3v) is 5.52. The first-order valence-electron chi connectivity index (χ1n) is 9.49. The molecule has 1 N–H and O–H groups in total. The van der Waals surface area contributed by atoms with Crippen molar-refractivity contribution in [1.82, 2.24) is 10.2 Å². The molecule has 0 radical (unpaired) electrons. The Balaban J connectivity index is 1.49. The van der Waals surface area contributed by atoms with Gasteiger partial charge in [0.05, 0.1) is 0 Å². The first-order valence-corrected chi connectivity index (χ1v) is 9.49. The number of nitrogens with one attached hydrogen (secondary N) is 1. The summed E-state index contributed by atoms with van der Waals surface area (Å²) in [6.45, 7) is 4.14. The molecule has 2 fully saturated rings. The maximum absolute atomic E-state index is 6.08. The summed E-state index contributed by atoms with van der Waals surface area (Å²) in [6.07, 6.45) is 7.97. The van der Waals surface area contributed by atoms with Gasteiger partial charge in [0.25, 0.3) is 0 Å². The van der Waals surface area contributed by atoms with Crippen LogP contribution in [0.3, 0.4) is 0 Å². The Kier molecular flexibility index (Phi) is 5.00. The largest absolute Gasteiger partial charge is 0.478 e. The number of nitrogens with zero attached hydrogens (tertiary/aromatic N) is 1. The molecule has 2 aromatic rings. The molecule has 0 atom stereocenters. The van der Waals surface area contributed by atoms with Gasteiger partial charge in [-0.2, -0.15) is 0 Å². The third-order valence-electron chi connectivity index (χ3n) is 5.52. The minimum Gasteiger partial charge on any atom is -0.478 e. The van der Waals surface area contributed by atoms with Gasteiger partial charge in [-0.05, 0) is 55.8 Å². The summed E-state index contributed by atoms with van der Waals surface area (Å²) >= 11 is 0. The van der Waals surface area contributed by atoms with Gasteiger partial charge < -0.3 is 4.74 Å². The minimum atomic E-state index is 0.611. The van der Waals surface area contributed by atoms with Crippen molar-refractivity contribution < 1.29 is 4.74 Å². The molecule has 1 aliphatic carbocycles. The van der Waals surface area contributed by atoms with Crippen LogP contribution in [0.2, 0.25) is 0 Å². The highest BCUT2D eigenvalue weighted by atomic mass is 16.5. The molecule has 0 spiro atoms. The second kappa shape index (κ2) is 7.54. The predicted molar refractivity (Wildman–Crippen MR) is 99.3 cm³/mol. The van der Waals surface area contributed by atoms with E-state index in [1.165, 1.54) is 68.0 Å². The van der Waals surface area contributed by atoms with Gasteiger partial charge in [-0.25, -0.2) is 0 Å². The number of fused-ring (bicyclic) bond motifs is 1. The Morgan fingerprint density at radius 2 is 1.67 bits per heavy atom. The van der Waals surface area contributed by atoms with Gasteiger partial charge in [0.15, 0.2) is 0 Å². The van der Waals surface area contributed by atoms with Crippen molar-refractivity contribution >= 4 is 10.8 Å². The topological polar surface area (TPSA) is 24.5 Å². The van der Waals surface area contributed by atoms with Crippen LogP contribution in [-0.4, -0.2) is 30.8 Å². The lowest BCUT2D eigenvalue weighted by Crippen LogP contribution is -2.29. The van der Waals surface area contributed by atoms with Crippen molar-refractivity contribution in [3.8, 4) is 5.75 Å². The van der Waals surface area contributed by atoms with E-state index >= 15 is 0 Å². The third kappa shape index (κ3) is 3.57. The molecule has 1 heterocycles. The lowest BCUT2D eigenvalue weighted by atomic mass is 10.0. The minimum absolute atomic E-state index is 0.611. The highest BCUT2D eigenvalue weighted by Gasteiger charge is 2.16. The van der Waals surface area contributed by atoms with Gasteiger partial charge in [-0.3, -0.25) is 10.2 Å². The van der Waals surface area contributed by atoms with Crippen LogP contribution < -0.4 is 10.1 Å². The lowest BCUT2D eigenvalue weighted by Gasteiger charge is -2.18. The average Bonchev–Trinajstić information content (AvgIpc) is 3.31. The SMILES string of the molecule is c1ccc2c(OCNC3CCCC3)ccc(CN3CCCC3)c2c1. The van der Waals surface area contributed by atoms with Crippen LogP contribution in [-0.2, 0) is 6.54 Å². The second-order valence-electron chi connectivity index (χ2n) is 7.23. The number of likely N-dealkylation sites (tertiary alicyclic amines) is 1. The predicted octanol–water partition coefficient (Wildman–Crippen LogP) is 4.30. The molecular formula is C21H28N2O. The van der Waals surface area contributed by atoms with E-state index in [9.17, 15) is 0 Å². The molecule has 3 nitrogen and oxygen atoms in total. The fraction of sp³-hybridized carbons (Fsp3) is 0.524. The van der Waals surface area contributed by atoms with E-state index in [1.807, 2.05) is 0 Å². The fourth-order valence-electron chi connectivity index (χ4n) is 4.15. The summed E-state index contributed by atoms with van der Waals surface area (Å²) in [5.74, 6) is 1.00. The molecule has 2 aliphatic rings. The second-order valence-corrected chi connectivity index (χ2v) is 7.23. The van der Waals surface area contributed by atoms with Crippen LogP contribution in [0.4, 0.5) is 0 Å². The lowest BCUT2D eigenvalue weighted by molar-refractivity contribution is 0.265. The summed E-state index contributed by atoms with van der Waals surface area (Å²) in [7, 11) is 0. The van der Waals surface area contributed by atoms with E-state index in [0.29, 0.717) is 12.8 Å². The smallest absolute Gasteiger partial charge is 0.139 e. The van der Waals surface area contributed by atoms with Crippen LogP contribution >= 0.6 is 0 Å².